The molecule has 1 aliphatic carbocycles. The molecular formula is C41H69O11P. The van der Waals surface area contributed by atoms with E-state index in [2.05, 4.69) is 54.8 Å². The number of carbonyl (C=O) groups is 2. The molecule has 1 rings (SSSR count). The molecule has 5 N–H and O–H groups in total. The molecule has 6 atom stereocenters. The Morgan fingerprint density at radius 3 is 1.98 bits per heavy atom. The van der Waals surface area contributed by atoms with Crippen LogP contribution in [0.25, 0.3) is 0 Å². The first-order chi connectivity index (χ1) is 25.5. The van der Waals surface area contributed by atoms with Gasteiger partial charge in [0.25, 0.3) is 0 Å². The van der Waals surface area contributed by atoms with Crippen LogP contribution < -0.4 is 0 Å². The van der Waals surface area contributed by atoms with Crippen LogP contribution in [0, 0.1) is 11.8 Å². The fourth-order valence-electron chi connectivity index (χ4n) is 6.02. The molecule has 1 aliphatic rings. The summed E-state index contributed by atoms with van der Waals surface area (Å²) in [5.74, 6) is -1.56. The van der Waals surface area contributed by atoms with Crippen LogP contribution in [-0.4, -0.2) is 74.7 Å². The standard InChI is InChI=1S/C41H69O11P/c1-3-5-7-8-9-10-11-12-13-14-15-16-17-18-23-27-40(45)50-32-35(33-51-53(47,48)49)52-41(46)28-24-20-19-22-26-36-37(39(44)31-38(36)43)30-29-34(42)25-21-6-4-2/h9-10,12-13,15-16,19,22,29-30,34-39,42-44H,3-8,11,14,17-18,20-21,23-28,31-33H2,1-2H3,(H2,47,48,49)/b10-9-,13-12-,16-15-,22-19+,30-29+/t34-,35+,36+,37+,38-,39+/m0/s1. The first-order valence-electron chi connectivity index (χ1n) is 19.8. The average Bonchev–Trinajstić information content (AvgIpc) is 3.38. The van der Waals surface area contributed by atoms with Gasteiger partial charge in [-0.15, -0.1) is 0 Å². The lowest BCUT2D eigenvalue weighted by Crippen LogP contribution is -2.29. The van der Waals surface area contributed by atoms with Gasteiger partial charge in [-0.3, -0.25) is 14.1 Å². The molecule has 0 saturated heterocycles. The number of phosphoric ester groups is 1. The molecule has 0 aromatic carbocycles. The van der Waals surface area contributed by atoms with E-state index in [1.54, 1.807) is 6.08 Å². The summed E-state index contributed by atoms with van der Waals surface area (Å²) >= 11 is 0. The fourth-order valence-corrected chi connectivity index (χ4v) is 6.38. The molecule has 11 nitrogen and oxygen atoms in total. The zero-order chi connectivity index (χ0) is 39.2. The van der Waals surface area contributed by atoms with E-state index in [0.717, 1.165) is 51.4 Å². The number of hydrogen-bond acceptors (Lipinski definition) is 9. The maximum Gasteiger partial charge on any atom is 0.469 e. The van der Waals surface area contributed by atoms with Gasteiger partial charge in [0.05, 0.1) is 24.9 Å². The molecule has 12 heteroatoms. The van der Waals surface area contributed by atoms with Crippen molar-refractivity contribution in [3.05, 3.63) is 60.8 Å². The second kappa shape index (κ2) is 30.9. The van der Waals surface area contributed by atoms with Crippen LogP contribution in [0.3, 0.4) is 0 Å². The number of ether oxygens (including phenoxy) is 2. The molecule has 0 aromatic heterocycles. The van der Waals surface area contributed by atoms with E-state index in [1.807, 2.05) is 18.2 Å². The number of allylic oxidation sites excluding steroid dienone is 8. The Morgan fingerprint density at radius 2 is 1.32 bits per heavy atom. The van der Waals surface area contributed by atoms with E-state index in [4.69, 9.17) is 19.3 Å². The Morgan fingerprint density at radius 1 is 0.736 bits per heavy atom. The van der Waals surface area contributed by atoms with Gasteiger partial charge in [-0.2, -0.15) is 0 Å². The number of carbonyl (C=O) groups excluding carboxylic acids is 2. The van der Waals surface area contributed by atoms with Crippen LogP contribution in [0.15, 0.2) is 60.8 Å². The molecule has 0 spiro atoms. The number of unbranched alkanes of at least 4 members (excludes halogenated alkanes) is 8. The second-order valence-corrected chi connectivity index (χ2v) is 15.1. The van der Waals surface area contributed by atoms with E-state index >= 15 is 0 Å². The lowest BCUT2D eigenvalue weighted by atomic mass is 9.89. The Balaban J connectivity index is 2.37. The Kier molecular flexibility index (Phi) is 28.4. The Hall–Kier alpha value is -2.37. The maximum absolute atomic E-state index is 12.5. The van der Waals surface area contributed by atoms with E-state index < -0.39 is 50.8 Å². The van der Waals surface area contributed by atoms with Gasteiger partial charge in [-0.05, 0) is 76.5 Å². The summed E-state index contributed by atoms with van der Waals surface area (Å²) in [6.07, 6.45) is 31.8. The van der Waals surface area contributed by atoms with Gasteiger partial charge in [-0.1, -0.05) is 107 Å². The second-order valence-electron chi connectivity index (χ2n) is 13.9. The molecule has 0 heterocycles. The maximum atomic E-state index is 12.5. The highest BCUT2D eigenvalue weighted by Crippen LogP contribution is 2.37. The monoisotopic (exact) mass is 768 g/mol. The molecule has 0 amide bonds. The normalized spacial score (nSPS) is 20.8. The molecule has 1 saturated carbocycles. The predicted octanol–water partition coefficient (Wildman–Crippen LogP) is 8.11. The number of phosphoric acid groups is 1. The summed E-state index contributed by atoms with van der Waals surface area (Å²) in [6, 6.07) is 0. The van der Waals surface area contributed by atoms with Crippen molar-refractivity contribution >= 4 is 19.8 Å². The van der Waals surface area contributed by atoms with Crippen molar-refractivity contribution in [1.82, 2.24) is 0 Å². The number of aliphatic hydroxyl groups is 3. The third-order valence-corrected chi connectivity index (χ3v) is 9.56. The van der Waals surface area contributed by atoms with Gasteiger partial charge in [0.15, 0.2) is 6.10 Å². The molecule has 0 aliphatic heterocycles. The number of aliphatic hydroxyl groups excluding tert-OH is 3. The van der Waals surface area contributed by atoms with E-state index in [0.29, 0.717) is 32.1 Å². The van der Waals surface area contributed by atoms with Crippen LogP contribution in [-0.2, 0) is 28.2 Å². The zero-order valence-electron chi connectivity index (χ0n) is 32.2. The third-order valence-electron chi connectivity index (χ3n) is 9.08. The van der Waals surface area contributed by atoms with Crippen molar-refractivity contribution in [3.8, 4) is 0 Å². The molecular weight excluding hydrogens is 699 g/mol. The summed E-state index contributed by atoms with van der Waals surface area (Å²) in [6.45, 7) is 3.30. The van der Waals surface area contributed by atoms with Gasteiger partial charge >= 0.3 is 19.8 Å². The Labute approximate surface area is 318 Å². The largest absolute Gasteiger partial charge is 0.469 e. The molecule has 53 heavy (non-hydrogen) atoms. The first kappa shape index (κ1) is 48.6. The highest BCUT2D eigenvalue weighted by Gasteiger charge is 2.39. The van der Waals surface area contributed by atoms with Crippen molar-refractivity contribution in [2.75, 3.05) is 13.2 Å². The number of hydrogen-bond donors (Lipinski definition) is 5. The van der Waals surface area contributed by atoms with Gasteiger partial charge in [0.1, 0.15) is 6.61 Å². The highest BCUT2D eigenvalue weighted by atomic mass is 31.2. The average molecular weight is 769 g/mol. The number of rotatable bonds is 31. The number of esters is 2. The van der Waals surface area contributed by atoms with Crippen LogP contribution in [0.5, 0.6) is 0 Å². The van der Waals surface area contributed by atoms with Gasteiger partial charge < -0.3 is 34.6 Å². The quantitative estimate of drug-likeness (QED) is 0.0199. The van der Waals surface area contributed by atoms with E-state index in [1.165, 1.54) is 19.3 Å². The summed E-state index contributed by atoms with van der Waals surface area (Å²) < 4.78 is 26.3. The highest BCUT2D eigenvalue weighted by molar-refractivity contribution is 7.46. The molecule has 0 unspecified atom stereocenters. The molecule has 304 valence electrons. The smallest absolute Gasteiger partial charge is 0.462 e. The minimum atomic E-state index is -4.83. The molecule has 0 aromatic rings. The van der Waals surface area contributed by atoms with Gasteiger partial charge in [0, 0.05) is 25.2 Å². The summed E-state index contributed by atoms with van der Waals surface area (Å²) in [4.78, 5) is 43.0. The van der Waals surface area contributed by atoms with Crippen molar-refractivity contribution in [3.63, 3.8) is 0 Å². The molecule has 1 fully saturated rings. The minimum absolute atomic E-state index is 0.0240. The van der Waals surface area contributed by atoms with Crippen LogP contribution >= 0.6 is 7.82 Å². The van der Waals surface area contributed by atoms with Crippen molar-refractivity contribution < 1.29 is 53.3 Å². The molecule has 0 bridgehead atoms. The van der Waals surface area contributed by atoms with Crippen molar-refractivity contribution in [2.24, 2.45) is 11.8 Å². The fraction of sp³-hybridized carbons (Fsp3) is 0.707. The summed E-state index contributed by atoms with van der Waals surface area (Å²) in [5.41, 5.74) is 0. The minimum Gasteiger partial charge on any atom is -0.462 e. The topological polar surface area (TPSA) is 180 Å². The Bertz CT molecular complexity index is 1160. The summed E-state index contributed by atoms with van der Waals surface area (Å²) in [5, 5.41) is 31.2. The van der Waals surface area contributed by atoms with Crippen molar-refractivity contribution in [2.45, 2.75) is 160 Å². The van der Waals surface area contributed by atoms with Crippen LogP contribution in [0.1, 0.15) is 136 Å². The lowest BCUT2D eigenvalue weighted by molar-refractivity contribution is -0.161. The SMILES string of the molecule is CCCCC/C=C\C/C=C\C/C=C\CCCCC(=O)OC[C@H](COP(=O)(O)O)OC(=O)CCC/C=C/C[C@@H]1[C@@H](/C=C/[C@@H](O)CCCCC)[C@H](O)C[C@@H]1O. The van der Waals surface area contributed by atoms with E-state index in [-0.39, 0.29) is 37.7 Å². The molecule has 0 radical (unpaired) electrons. The predicted molar refractivity (Wildman–Crippen MR) is 209 cm³/mol. The van der Waals surface area contributed by atoms with Gasteiger partial charge in [-0.25, -0.2) is 4.57 Å². The third kappa shape index (κ3) is 27.0. The van der Waals surface area contributed by atoms with Crippen molar-refractivity contribution in [1.29, 1.82) is 0 Å². The summed E-state index contributed by atoms with van der Waals surface area (Å²) in [7, 11) is -4.83. The van der Waals surface area contributed by atoms with E-state index in [9.17, 15) is 29.5 Å². The van der Waals surface area contributed by atoms with Crippen LogP contribution in [0.2, 0.25) is 0 Å². The first-order valence-corrected chi connectivity index (χ1v) is 21.4. The lowest BCUT2D eigenvalue weighted by Gasteiger charge is -2.19. The van der Waals surface area contributed by atoms with Gasteiger partial charge in [0.2, 0.25) is 0 Å². The van der Waals surface area contributed by atoms with Crippen LogP contribution in [0.4, 0.5) is 0 Å². The zero-order valence-corrected chi connectivity index (χ0v) is 33.1.